The van der Waals surface area contributed by atoms with Gasteiger partial charge in [0.05, 0.1) is 11.9 Å². The lowest BCUT2D eigenvalue weighted by molar-refractivity contribution is 0.0995. The van der Waals surface area contributed by atoms with Crippen LogP contribution in [-0.2, 0) is 0 Å². The first-order chi connectivity index (χ1) is 8.11. The van der Waals surface area contributed by atoms with Crippen molar-refractivity contribution in [1.82, 2.24) is 10.3 Å². The van der Waals surface area contributed by atoms with Crippen molar-refractivity contribution in [3.05, 3.63) is 23.0 Å². The number of anilines is 1. The molecule has 1 aromatic heterocycles. The van der Waals surface area contributed by atoms with Crippen LogP contribution in [0.2, 0.25) is 0 Å². The number of primary amides is 1. The Balaban J connectivity index is 2.36. The van der Waals surface area contributed by atoms with E-state index in [1.807, 2.05) is 13.8 Å². The molecule has 1 saturated heterocycles. The van der Waals surface area contributed by atoms with E-state index >= 15 is 0 Å². The monoisotopic (exact) mass is 234 g/mol. The zero-order valence-corrected chi connectivity index (χ0v) is 10.3. The highest BCUT2D eigenvalue weighted by Gasteiger charge is 2.17. The van der Waals surface area contributed by atoms with Gasteiger partial charge in [0.1, 0.15) is 5.69 Å². The molecule has 2 rings (SSSR count). The normalized spacial score (nSPS) is 16.0. The predicted octanol–water partition coefficient (Wildman–Crippen LogP) is 0.207. The average molecular weight is 234 g/mol. The van der Waals surface area contributed by atoms with Crippen LogP contribution in [0.15, 0.2) is 6.20 Å². The number of carbonyl (C=O) groups is 1. The lowest BCUT2D eigenvalue weighted by Crippen LogP contribution is -2.44. The van der Waals surface area contributed by atoms with Crippen LogP contribution in [0.3, 0.4) is 0 Å². The smallest absolute Gasteiger partial charge is 0.267 e. The average Bonchev–Trinajstić information content (AvgIpc) is 2.33. The summed E-state index contributed by atoms with van der Waals surface area (Å²) in [6.07, 6.45) is 1.76. The lowest BCUT2D eigenvalue weighted by Gasteiger charge is -2.31. The van der Waals surface area contributed by atoms with Crippen molar-refractivity contribution in [3.63, 3.8) is 0 Å². The molecule has 1 aliphatic rings. The quantitative estimate of drug-likeness (QED) is 0.767. The number of amides is 1. The Hall–Kier alpha value is -1.62. The van der Waals surface area contributed by atoms with Gasteiger partial charge in [0.25, 0.3) is 5.91 Å². The fourth-order valence-corrected chi connectivity index (χ4v) is 2.16. The first-order valence-corrected chi connectivity index (χ1v) is 5.83. The van der Waals surface area contributed by atoms with E-state index in [2.05, 4.69) is 15.2 Å². The van der Waals surface area contributed by atoms with E-state index in [0.717, 1.165) is 43.0 Å². The summed E-state index contributed by atoms with van der Waals surface area (Å²) in [4.78, 5) is 17.7. The molecule has 1 fully saturated rings. The van der Waals surface area contributed by atoms with Crippen molar-refractivity contribution in [3.8, 4) is 0 Å². The Morgan fingerprint density at radius 2 is 2.00 bits per heavy atom. The number of hydrogen-bond acceptors (Lipinski definition) is 4. The fraction of sp³-hybridized carbons (Fsp3) is 0.500. The number of nitrogens with two attached hydrogens (primary N) is 1. The third-order valence-electron chi connectivity index (χ3n) is 3.31. The van der Waals surface area contributed by atoms with E-state index in [4.69, 9.17) is 5.73 Å². The van der Waals surface area contributed by atoms with Crippen LogP contribution in [-0.4, -0.2) is 37.1 Å². The number of aromatic nitrogens is 1. The minimum Gasteiger partial charge on any atom is -0.368 e. The fourth-order valence-electron chi connectivity index (χ4n) is 2.16. The molecule has 5 nitrogen and oxygen atoms in total. The number of nitrogens with zero attached hydrogens (tertiary/aromatic N) is 2. The molecule has 0 bridgehead atoms. The second-order valence-corrected chi connectivity index (χ2v) is 4.34. The largest absolute Gasteiger partial charge is 0.368 e. The number of piperazine rings is 1. The molecule has 0 atom stereocenters. The summed E-state index contributed by atoms with van der Waals surface area (Å²) in [6.45, 7) is 7.82. The van der Waals surface area contributed by atoms with E-state index in [9.17, 15) is 4.79 Å². The van der Waals surface area contributed by atoms with Gasteiger partial charge in [0.2, 0.25) is 0 Å². The molecular weight excluding hydrogens is 216 g/mol. The highest BCUT2D eigenvalue weighted by atomic mass is 16.1. The zero-order chi connectivity index (χ0) is 12.4. The van der Waals surface area contributed by atoms with Gasteiger partial charge in [-0.15, -0.1) is 0 Å². The van der Waals surface area contributed by atoms with Gasteiger partial charge in [-0.3, -0.25) is 4.79 Å². The maximum Gasteiger partial charge on any atom is 0.267 e. The molecule has 1 amide bonds. The number of hydrogen-bond donors (Lipinski definition) is 2. The first kappa shape index (κ1) is 11.9. The summed E-state index contributed by atoms with van der Waals surface area (Å²) < 4.78 is 0. The second-order valence-electron chi connectivity index (χ2n) is 4.34. The summed E-state index contributed by atoms with van der Waals surface area (Å²) >= 11 is 0. The summed E-state index contributed by atoms with van der Waals surface area (Å²) in [6, 6.07) is 0. The van der Waals surface area contributed by atoms with Gasteiger partial charge in [-0.1, -0.05) is 0 Å². The van der Waals surface area contributed by atoms with E-state index < -0.39 is 5.91 Å². The van der Waals surface area contributed by atoms with Crippen molar-refractivity contribution < 1.29 is 4.79 Å². The van der Waals surface area contributed by atoms with Crippen LogP contribution >= 0.6 is 0 Å². The van der Waals surface area contributed by atoms with E-state index in [1.165, 1.54) is 0 Å². The summed E-state index contributed by atoms with van der Waals surface area (Å²) in [5.41, 5.74) is 8.74. The van der Waals surface area contributed by atoms with Crippen molar-refractivity contribution in [2.75, 3.05) is 31.1 Å². The van der Waals surface area contributed by atoms with Gasteiger partial charge < -0.3 is 16.0 Å². The lowest BCUT2D eigenvalue weighted by atomic mass is 10.1. The standard InChI is InChI=1S/C12H18N4O/c1-8-9(2)11(12(13)17)15-7-10(8)16-5-3-14-4-6-16/h7,14H,3-6H2,1-2H3,(H2,13,17). The van der Waals surface area contributed by atoms with Crippen molar-refractivity contribution >= 4 is 11.6 Å². The Labute approximate surface area is 101 Å². The number of carbonyl (C=O) groups excluding carboxylic acids is 1. The van der Waals surface area contributed by atoms with Crippen LogP contribution in [0.4, 0.5) is 5.69 Å². The van der Waals surface area contributed by atoms with E-state index in [0.29, 0.717) is 5.69 Å². The van der Waals surface area contributed by atoms with Crippen LogP contribution in [0, 0.1) is 13.8 Å². The molecular formula is C12H18N4O. The summed E-state index contributed by atoms with van der Waals surface area (Å²) in [5, 5.41) is 3.31. The van der Waals surface area contributed by atoms with Crippen LogP contribution in [0.5, 0.6) is 0 Å². The van der Waals surface area contributed by atoms with Crippen LogP contribution < -0.4 is 16.0 Å². The third-order valence-corrected chi connectivity index (χ3v) is 3.31. The van der Waals surface area contributed by atoms with E-state index in [-0.39, 0.29) is 0 Å². The molecule has 5 heteroatoms. The molecule has 0 saturated carbocycles. The van der Waals surface area contributed by atoms with Gasteiger partial charge in [-0.2, -0.15) is 0 Å². The zero-order valence-electron chi connectivity index (χ0n) is 10.3. The summed E-state index contributed by atoms with van der Waals surface area (Å²) in [5.74, 6) is -0.461. The molecule has 0 spiro atoms. The molecule has 2 heterocycles. The van der Waals surface area contributed by atoms with Gasteiger partial charge in [-0.25, -0.2) is 4.98 Å². The number of pyridine rings is 1. The number of rotatable bonds is 2. The molecule has 3 N–H and O–H groups in total. The molecule has 0 unspecified atom stereocenters. The van der Waals surface area contributed by atoms with Crippen LogP contribution in [0.1, 0.15) is 21.6 Å². The maximum atomic E-state index is 11.2. The molecule has 1 aromatic rings. The molecule has 1 aliphatic heterocycles. The van der Waals surface area contributed by atoms with Gasteiger partial charge in [-0.05, 0) is 25.0 Å². The van der Waals surface area contributed by atoms with Crippen LogP contribution in [0.25, 0.3) is 0 Å². The maximum absolute atomic E-state index is 11.2. The predicted molar refractivity (Wildman–Crippen MR) is 67.3 cm³/mol. The van der Waals surface area contributed by atoms with Crippen molar-refractivity contribution in [2.24, 2.45) is 5.73 Å². The Morgan fingerprint density at radius 3 is 2.59 bits per heavy atom. The Kier molecular flexibility index (Phi) is 3.28. The Morgan fingerprint density at radius 1 is 1.35 bits per heavy atom. The minimum atomic E-state index is -0.461. The number of nitrogens with one attached hydrogen (secondary N) is 1. The second kappa shape index (κ2) is 4.71. The third kappa shape index (κ3) is 2.24. The highest BCUT2D eigenvalue weighted by molar-refractivity contribution is 5.93. The first-order valence-electron chi connectivity index (χ1n) is 5.83. The molecule has 0 aliphatic carbocycles. The molecule has 0 radical (unpaired) electrons. The molecule has 92 valence electrons. The van der Waals surface area contributed by atoms with Gasteiger partial charge in [0.15, 0.2) is 0 Å². The molecule has 0 aromatic carbocycles. The van der Waals surface area contributed by atoms with Gasteiger partial charge in [0, 0.05) is 26.2 Å². The SMILES string of the molecule is Cc1c(N2CCNCC2)cnc(C(N)=O)c1C. The molecule has 17 heavy (non-hydrogen) atoms. The summed E-state index contributed by atoms with van der Waals surface area (Å²) in [7, 11) is 0. The van der Waals surface area contributed by atoms with Crippen molar-refractivity contribution in [2.45, 2.75) is 13.8 Å². The van der Waals surface area contributed by atoms with E-state index in [1.54, 1.807) is 6.20 Å². The highest BCUT2D eigenvalue weighted by Crippen LogP contribution is 2.23. The topological polar surface area (TPSA) is 71.2 Å². The minimum absolute atomic E-state index is 0.376. The Bertz CT molecular complexity index is 438. The van der Waals surface area contributed by atoms with Crippen molar-refractivity contribution in [1.29, 1.82) is 0 Å². The van der Waals surface area contributed by atoms with Gasteiger partial charge >= 0.3 is 0 Å².